The number of rotatable bonds is 8. The average molecular weight is 452 g/mol. The molecular weight excluding hydrogens is 424 g/mol. The van der Waals surface area contributed by atoms with Gasteiger partial charge in [-0.25, -0.2) is 0 Å². The molecule has 0 amide bonds. The summed E-state index contributed by atoms with van der Waals surface area (Å²) in [5, 5.41) is 77.7. The minimum Gasteiger partial charge on any atom is -0.472 e. The van der Waals surface area contributed by atoms with Gasteiger partial charge in [-0.3, -0.25) is 0 Å². The monoisotopic (exact) mass is 452 g/mol. The van der Waals surface area contributed by atoms with Crippen molar-refractivity contribution in [2.75, 3.05) is 13.2 Å². The fraction of sp³-hybridized carbons (Fsp3) is 0.778. The molecule has 10 atom stereocenters. The van der Waals surface area contributed by atoms with Crippen LogP contribution in [0.15, 0.2) is 16.9 Å². The second-order valence-corrected chi connectivity index (χ2v) is 7.44. The van der Waals surface area contributed by atoms with Crippen molar-refractivity contribution in [3.05, 3.63) is 23.7 Å². The first-order valence-corrected chi connectivity index (χ1v) is 9.66. The highest BCUT2D eigenvalue weighted by Gasteiger charge is 2.45. The van der Waals surface area contributed by atoms with Crippen LogP contribution in [0.1, 0.15) is 11.1 Å². The van der Waals surface area contributed by atoms with Crippen molar-refractivity contribution in [1.29, 1.82) is 0 Å². The van der Waals surface area contributed by atoms with Crippen molar-refractivity contribution in [1.82, 2.24) is 0 Å². The first-order valence-electron chi connectivity index (χ1n) is 9.66. The number of hydrogen-bond acceptors (Lipinski definition) is 13. The lowest BCUT2D eigenvalue weighted by molar-refractivity contribution is -0.305. The van der Waals surface area contributed by atoms with Crippen LogP contribution in [0.3, 0.4) is 0 Å². The predicted octanol–water partition coefficient (Wildman–Crippen LogP) is -4.09. The lowest BCUT2D eigenvalue weighted by Gasteiger charge is -2.39. The molecular formula is C18H28O13. The van der Waals surface area contributed by atoms with Crippen molar-refractivity contribution >= 4 is 0 Å². The molecule has 13 heteroatoms. The zero-order valence-corrected chi connectivity index (χ0v) is 16.4. The van der Waals surface area contributed by atoms with Gasteiger partial charge in [-0.2, -0.15) is 0 Å². The molecule has 0 saturated carbocycles. The van der Waals surface area contributed by atoms with Gasteiger partial charge in [0.1, 0.15) is 48.8 Å². The summed E-state index contributed by atoms with van der Waals surface area (Å²) < 4.78 is 26.5. The smallest absolute Gasteiger partial charge is 0.187 e. The molecule has 1 aromatic rings. The number of ether oxygens (including phenoxy) is 4. The summed E-state index contributed by atoms with van der Waals surface area (Å²) in [6.45, 7) is -1.50. The van der Waals surface area contributed by atoms with Crippen molar-refractivity contribution < 1.29 is 64.2 Å². The largest absolute Gasteiger partial charge is 0.472 e. The summed E-state index contributed by atoms with van der Waals surface area (Å²) in [5.41, 5.74) is 0.920. The fourth-order valence-electron chi connectivity index (χ4n) is 3.36. The van der Waals surface area contributed by atoms with Crippen LogP contribution < -0.4 is 0 Å². The summed E-state index contributed by atoms with van der Waals surface area (Å²) in [6.07, 6.45) is -11.5. The van der Waals surface area contributed by atoms with Crippen LogP contribution in [0.5, 0.6) is 0 Å². The van der Waals surface area contributed by atoms with Crippen molar-refractivity contribution in [2.45, 2.75) is 74.6 Å². The molecule has 1 aromatic heterocycles. The SMILES string of the molecule is OCC1OC(OCc2cocc2COC2OC(CO)C(O)C(O)C2O)C(O)C(O)C1O. The van der Waals surface area contributed by atoms with E-state index in [0.717, 1.165) is 0 Å². The molecule has 10 unspecified atom stereocenters. The van der Waals surface area contributed by atoms with E-state index in [1.54, 1.807) is 0 Å². The minimum atomic E-state index is -1.57. The van der Waals surface area contributed by atoms with E-state index in [-0.39, 0.29) is 13.2 Å². The van der Waals surface area contributed by atoms with Crippen LogP contribution in [0.2, 0.25) is 0 Å². The van der Waals surface area contributed by atoms with Gasteiger partial charge >= 0.3 is 0 Å². The maximum absolute atomic E-state index is 10.0. The van der Waals surface area contributed by atoms with Gasteiger partial charge in [0.15, 0.2) is 12.6 Å². The zero-order chi connectivity index (χ0) is 22.7. The Bertz CT molecular complexity index is 625. The van der Waals surface area contributed by atoms with E-state index in [9.17, 15) is 40.9 Å². The summed E-state index contributed by atoms with van der Waals surface area (Å²) in [5.74, 6) is 0. The van der Waals surface area contributed by atoms with Gasteiger partial charge in [-0.05, 0) is 0 Å². The lowest BCUT2D eigenvalue weighted by atomic mass is 9.99. The van der Waals surface area contributed by atoms with E-state index in [2.05, 4.69) is 0 Å². The number of aliphatic hydroxyl groups excluding tert-OH is 8. The van der Waals surface area contributed by atoms with Crippen LogP contribution in [0, 0.1) is 0 Å². The maximum atomic E-state index is 10.0. The van der Waals surface area contributed by atoms with Crippen LogP contribution in [-0.4, -0.2) is 115 Å². The summed E-state index contributed by atoms with van der Waals surface area (Å²) in [4.78, 5) is 0. The third-order valence-corrected chi connectivity index (χ3v) is 5.34. The molecule has 31 heavy (non-hydrogen) atoms. The van der Waals surface area contributed by atoms with E-state index in [1.807, 2.05) is 0 Å². The van der Waals surface area contributed by atoms with Crippen LogP contribution in [-0.2, 0) is 32.2 Å². The van der Waals surface area contributed by atoms with Gasteiger partial charge < -0.3 is 64.2 Å². The van der Waals surface area contributed by atoms with E-state index >= 15 is 0 Å². The van der Waals surface area contributed by atoms with Gasteiger partial charge in [-0.15, -0.1) is 0 Å². The number of hydrogen-bond donors (Lipinski definition) is 8. The summed E-state index contributed by atoms with van der Waals surface area (Å²) in [7, 11) is 0. The molecule has 3 heterocycles. The van der Waals surface area contributed by atoms with Crippen molar-refractivity contribution in [3.63, 3.8) is 0 Å². The number of aliphatic hydroxyl groups is 8. The van der Waals surface area contributed by atoms with E-state index in [4.69, 9.17) is 23.4 Å². The fourth-order valence-corrected chi connectivity index (χ4v) is 3.36. The van der Waals surface area contributed by atoms with E-state index in [0.29, 0.717) is 11.1 Å². The molecule has 8 N–H and O–H groups in total. The van der Waals surface area contributed by atoms with E-state index < -0.39 is 74.6 Å². The second-order valence-electron chi connectivity index (χ2n) is 7.44. The van der Waals surface area contributed by atoms with Crippen LogP contribution in [0.4, 0.5) is 0 Å². The summed E-state index contributed by atoms with van der Waals surface area (Å²) in [6, 6.07) is 0. The highest BCUT2D eigenvalue weighted by molar-refractivity contribution is 5.19. The van der Waals surface area contributed by atoms with Crippen molar-refractivity contribution in [3.8, 4) is 0 Å². The standard InChI is InChI=1S/C18H28O13/c19-1-9-11(21)13(23)15(25)17(30-9)28-5-7-3-27-4-8(7)6-29-18-16(26)14(24)12(22)10(2-20)31-18/h3-4,9-26H,1-2,5-6H2. The zero-order valence-electron chi connectivity index (χ0n) is 16.4. The van der Waals surface area contributed by atoms with Crippen LogP contribution >= 0.6 is 0 Å². The Labute approximate surface area is 176 Å². The third kappa shape index (κ3) is 5.24. The number of furan rings is 1. The minimum absolute atomic E-state index is 0.160. The molecule has 2 saturated heterocycles. The summed E-state index contributed by atoms with van der Waals surface area (Å²) >= 11 is 0. The Morgan fingerprint density at radius 1 is 0.613 bits per heavy atom. The third-order valence-electron chi connectivity index (χ3n) is 5.34. The highest BCUT2D eigenvalue weighted by Crippen LogP contribution is 2.26. The molecule has 178 valence electrons. The Balaban J connectivity index is 1.56. The maximum Gasteiger partial charge on any atom is 0.187 e. The molecule has 0 aromatic carbocycles. The Hall–Kier alpha value is -1.20. The molecule has 13 nitrogen and oxygen atoms in total. The van der Waals surface area contributed by atoms with Gasteiger partial charge in [0.05, 0.1) is 39.0 Å². The van der Waals surface area contributed by atoms with Gasteiger partial charge in [0.25, 0.3) is 0 Å². The normalized spacial score (nSPS) is 41.4. The highest BCUT2D eigenvalue weighted by atomic mass is 16.7. The first-order chi connectivity index (χ1) is 14.8. The Morgan fingerprint density at radius 2 is 1.00 bits per heavy atom. The molecule has 0 aliphatic carbocycles. The molecule has 2 aliphatic rings. The molecule has 3 rings (SSSR count). The average Bonchev–Trinajstić information content (AvgIpc) is 3.22. The van der Waals surface area contributed by atoms with Crippen LogP contribution in [0.25, 0.3) is 0 Å². The Kier molecular flexibility index (Phi) is 8.37. The first kappa shape index (κ1) is 24.4. The second kappa shape index (κ2) is 10.6. The molecule has 0 spiro atoms. The topological polar surface area (TPSA) is 212 Å². The molecule has 0 radical (unpaired) electrons. The van der Waals surface area contributed by atoms with Crippen molar-refractivity contribution in [2.24, 2.45) is 0 Å². The predicted molar refractivity (Wildman–Crippen MR) is 95.8 cm³/mol. The van der Waals surface area contributed by atoms with Gasteiger partial charge in [0, 0.05) is 11.1 Å². The Morgan fingerprint density at radius 3 is 1.35 bits per heavy atom. The molecule has 0 bridgehead atoms. The quantitative estimate of drug-likeness (QED) is 0.189. The lowest BCUT2D eigenvalue weighted by Crippen LogP contribution is -2.59. The van der Waals surface area contributed by atoms with E-state index in [1.165, 1.54) is 12.5 Å². The van der Waals surface area contributed by atoms with Gasteiger partial charge in [-0.1, -0.05) is 0 Å². The van der Waals surface area contributed by atoms with Gasteiger partial charge in [0.2, 0.25) is 0 Å². The molecule has 2 fully saturated rings. The molecule has 2 aliphatic heterocycles.